The van der Waals surface area contributed by atoms with Crippen LogP contribution in [0.3, 0.4) is 0 Å². The normalized spacial score (nSPS) is 14.4. The topological polar surface area (TPSA) is 121 Å². The van der Waals surface area contributed by atoms with Crippen LogP contribution in [0.2, 0.25) is 0 Å². The van der Waals surface area contributed by atoms with Gasteiger partial charge in [0.1, 0.15) is 5.82 Å². The number of benzene rings is 2. The number of rotatable bonds is 9. The number of methoxy groups -OCH3 is 2. The molecule has 1 aromatic heterocycles. The van der Waals surface area contributed by atoms with Crippen LogP contribution in [0.1, 0.15) is 17.8 Å². The highest BCUT2D eigenvalue weighted by molar-refractivity contribution is 5.77. The molecule has 4 rings (SSSR count). The summed E-state index contributed by atoms with van der Waals surface area (Å²) in [6, 6.07) is 13.3. The van der Waals surface area contributed by atoms with E-state index in [-0.39, 0.29) is 5.56 Å². The van der Waals surface area contributed by atoms with Gasteiger partial charge in [-0.2, -0.15) is 0 Å². The number of hydrogen-bond donors (Lipinski definition) is 3. The van der Waals surface area contributed by atoms with Crippen molar-refractivity contribution in [3.8, 4) is 11.5 Å². The summed E-state index contributed by atoms with van der Waals surface area (Å²) in [7, 11) is 3.23. The van der Waals surface area contributed by atoms with Crippen LogP contribution >= 0.6 is 0 Å². The highest BCUT2D eigenvalue weighted by Gasteiger charge is 2.18. The van der Waals surface area contributed by atoms with Gasteiger partial charge in [-0.3, -0.25) is 20.1 Å². The molecule has 0 saturated carbocycles. The van der Waals surface area contributed by atoms with E-state index in [4.69, 9.17) is 26.0 Å². The first-order chi connectivity index (χ1) is 16.5. The molecular formula is C25H32N6O3. The molecule has 0 spiro atoms. The lowest BCUT2D eigenvalue weighted by Crippen LogP contribution is -2.40. The molecule has 0 radical (unpaired) electrons. The summed E-state index contributed by atoms with van der Waals surface area (Å²) in [5.74, 6) is 7.66. The summed E-state index contributed by atoms with van der Waals surface area (Å²) >= 11 is 0. The van der Waals surface area contributed by atoms with Crippen molar-refractivity contribution in [3.63, 3.8) is 0 Å². The van der Waals surface area contributed by atoms with Crippen molar-refractivity contribution in [2.45, 2.75) is 25.8 Å². The number of aromatic nitrogens is 2. The lowest BCUT2D eigenvalue weighted by molar-refractivity contribution is 0.279. The summed E-state index contributed by atoms with van der Waals surface area (Å²) < 4.78 is 12.6. The van der Waals surface area contributed by atoms with Crippen LogP contribution in [0.25, 0.3) is 10.9 Å². The van der Waals surface area contributed by atoms with Crippen LogP contribution in [-0.2, 0) is 19.4 Å². The average Bonchev–Trinajstić information content (AvgIpc) is 2.87. The van der Waals surface area contributed by atoms with E-state index in [1.165, 1.54) is 0 Å². The summed E-state index contributed by atoms with van der Waals surface area (Å²) in [4.78, 5) is 20.5. The maximum absolute atomic E-state index is 13.4. The average molecular weight is 465 g/mol. The molecule has 34 heavy (non-hydrogen) atoms. The van der Waals surface area contributed by atoms with E-state index >= 15 is 0 Å². The number of aryl methyl sites for hydroxylation is 1. The maximum Gasteiger partial charge on any atom is 0.261 e. The Hall–Kier alpha value is -3.56. The molecule has 0 unspecified atom stereocenters. The molecular weight excluding hydrogens is 432 g/mol. The molecule has 2 aromatic carbocycles. The summed E-state index contributed by atoms with van der Waals surface area (Å²) in [6.45, 7) is 2.76. The smallest absolute Gasteiger partial charge is 0.261 e. The third-order valence-corrected chi connectivity index (χ3v) is 6.30. The maximum atomic E-state index is 13.4. The number of para-hydroxylation sites is 1. The zero-order chi connectivity index (χ0) is 24.1. The number of hydrazine groups is 1. The van der Waals surface area contributed by atoms with Crippen molar-refractivity contribution in [3.05, 3.63) is 75.6 Å². The molecule has 0 atom stereocenters. The van der Waals surface area contributed by atoms with Crippen LogP contribution in [0.5, 0.6) is 11.5 Å². The fourth-order valence-electron chi connectivity index (χ4n) is 4.37. The second-order valence-corrected chi connectivity index (χ2v) is 8.37. The van der Waals surface area contributed by atoms with Crippen molar-refractivity contribution in [1.29, 1.82) is 0 Å². The number of hydrogen-bond acceptors (Lipinski definition) is 8. The van der Waals surface area contributed by atoms with Crippen molar-refractivity contribution in [2.75, 3.05) is 33.9 Å². The third-order valence-electron chi connectivity index (χ3n) is 6.30. The molecule has 0 aliphatic carbocycles. The van der Waals surface area contributed by atoms with Gasteiger partial charge >= 0.3 is 0 Å². The lowest BCUT2D eigenvalue weighted by atomic mass is 10.1. The number of ether oxygens (including phenoxy) is 2. The number of nitrogens with two attached hydrogens (primary N) is 2. The SMILES string of the molecule is COc1ccc(CCn2c(CCN3CCC(NN)=C(N)C3)nc3ccccc3c2=O)cc1OC. The molecule has 3 aromatic rings. The van der Waals surface area contributed by atoms with E-state index in [0.717, 1.165) is 47.8 Å². The fraction of sp³-hybridized carbons (Fsp3) is 0.360. The monoisotopic (exact) mass is 464 g/mol. The first kappa shape index (κ1) is 23.6. The first-order valence-corrected chi connectivity index (χ1v) is 11.4. The third kappa shape index (κ3) is 5.00. The Bertz CT molecular complexity index is 1250. The minimum absolute atomic E-state index is 0.0197. The van der Waals surface area contributed by atoms with E-state index < -0.39 is 0 Å². The lowest BCUT2D eigenvalue weighted by Gasteiger charge is -2.29. The Kier molecular flexibility index (Phi) is 7.34. The van der Waals surface area contributed by atoms with Crippen molar-refractivity contribution in [1.82, 2.24) is 19.9 Å². The number of fused-ring (bicyclic) bond motifs is 1. The fourth-order valence-corrected chi connectivity index (χ4v) is 4.37. The second kappa shape index (κ2) is 10.6. The highest BCUT2D eigenvalue weighted by Crippen LogP contribution is 2.27. The minimum atomic E-state index is -0.0197. The number of nitrogens with zero attached hydrogens (tertiary/aromatic N) is 3. The molecule has 1 aliphatic rings. The zero-order valence-electron chi connectivity index (χ0n) is 19.7. The summed E-state index contributed by atoms with van der Waals surface area (Å²) in [5, 5.41) is 0.627. The molecule has 9 heteroatoms. The van der Waals surface area contributed by atoms with E-state index in [1.54, 1.807) is 18.8 Å². The van der Waals surface area contributed by atoms with Gasteiger partial charge in [0.2, 0.25) is 0 Å². The second-order valence-electron chi connectivity index (χ2n) is 8.37. The molecule has 0 fully saturated rings. The van der Waals surface area contributed by atoms with Gasteiger partial charge in [0.15, 0.2) is 11.5 Å². The van der Waals surface area contributed by atoms with E-state index in [2.05, 4.69) is 10.3 Å². The summed E-state index contributed by atoms with van der Waals surface area (Å²) in [6.07, 6.45) is 2.09. The molecule has 9 nitrogen and oxygen atoms in total. The van der Waals surface area contributed by atoms with Crippen LogP contribution in [0.15, 0.2) is 58.7 Å². The van der Waals surface area contributed by atoms with Gasteiger partial charge in [-0.25, -0.2) is 4.98 Å². The molecule has 0 saturated heterocycles. The van der Waals surface area contributed by atoms with E-state index in [9.17, 15) is 4.79 Å². The highest BCUT2D eigenvalue weighted by atomic mass is 16.5. The molecule has 5 N–H and O–H groups in total. The van der Waals surface area contributed by atoms with Crippen molar-refractivity contribution in [2.24, 2.45) is 11.6 Å². The molecule has 0 amide bonds. The minimum Gasteiger partial charge on any atom is -0.493 e. The van der Waals surface area contributed by atoms with Gasteiger partial charge < -0.3 is 20.6 Å². The largest absolute Gasteiger partial charge is 0.493 e. The van der Waals surface area contributed by atoms with Crippen LogP contribution in [0.4, 0.5) is 0 Å². The van der Waals surface area contributed by atoms with Crippen molar-refractivity contribution < 1.29 is 9.47 Å². The van der Waals surface area contributed by atoms with Crippen LogP contribution in [-0.4, -0.2) is 48.3 Å². The Morgan fingerprint density at radius 2 is 1.85 bits per heavy atom. The Morgan fingerprint density at radius 3 is 2.59 bits per heavy atom. The van der Waals surface area contributed by atoms with Crippen LogP contribution in [0, 0.1) is 0 Å². The van der Waals surface area contributed by atoms with Gasteiger partial charge in [-0.15, -0.1) is 0 Å². The number of nitrogens with one attached hydrogen (secondary N) is 1. The van der Waals surface area contributed by atoms with Gasteiger partial charge in [0, 0.05) is 50.4 Å². The van der Waals surface area contributed by atoms with Gasteiger partial charge in [0.25, 0.3) is 5.56 Å². The standard InChI is InChI=1S/C25H32N6O3/c1-33-22-8-7-17(15-23(22)34-2)9-14-31-24(28-20-6-4-3-5-18(20)25(31)32)11-13-30-12-10-21(29-27)19(26)16-30/h3-8,15,29H,9-14,16,26-27H2,1-2H3. The quantitative estimate of drug-likeness (QED) is 0.322. The van der Waals surface area contributed by atoms with Gasteiger partial charge in [-0.05, 0) is 36.2 Å². The van der Waals surface area contributed by atoms with E-state index in [1.807, 2.05) is 42.5 Å². The Balaban J connectivity index is 1.58. The van der Waals surface area contributed by atoms with Crippen LogP contribution < -0.4 is 32.0 Å². The first-order valence-electron chi connectivity index (χ1n) is 11.4. The molecule has 1 aliphatic heterocycles. The van der Waals surface area contributed by atoms with Crippen molar-refractivity contribution >= 4 is 10.9 Å². The Morgan fingerprint density at radius 1 is 1.06 bits per heavy atom. The van der Waals surface area contributed by atoms with E-state index in [0.29, 0.717) is 42.8 Å². The predicted octanol–water partition coefficient (Wildman–Crippen LogP) is 1.54. The predicted molar refractivity (Wildman–Crippen MR) is 133 cm³/mol. The summed E-state index contributed by atoms with van der Waals surface area (Å²) in [5.41, 5.74) is 12.2. The van der Waals surface area contributed by atoms with Gasteiger partial charge in [0.05, 0.1) is 25.1 Å². The molecule has 180 valence electrons. The molecule has 0 bridgehead atoms. The zero-order valence-corrected chi connectivity index (χ0v) is 19.7. The Labute approximate surface area is 198 Å². The molecule has 2 heterocycles. The van der Waals surface area contributed by atoms with Gasteiger partial charge in [-0.1, -0.05) is 18.2 Å².